The number of nitrogens with one attached hydrogen (secondary N) is 1. The quantitative estimate of drug-likeness (QED) is 0.455. The summed E-state index contributed by atoms with van der Waals surface area (Å²) in [6.07, 6.45) is -2.69. The van der Waals surface area contributed by atoms with E-state index in [1.54, 1.807) is 0 Å². The number of benzene rings is 1. The Morgan fingerprint density at radius 1 is 1.23 bits per heavy atom. The second kappa shape index (κ2) is 5.20. The van der Waals surface area contributed by atoms with Crippen LogP contribution in [-0.4, -0.2) is 15.0 Å². The molecule has 3 nitrogen and oxygen atoms in total. The number of fused-ring (bicyclic) bond motifs is 1. The number of hydrogen-bond donors (Lipinski definition) is 1. The third kappa shape index (κ3) is 2.46. The summed E-state index contributed by atoms with van der Waals surface area (Å²) in [5.74, 6) is -0.530. The molecule has 0 spiro atoms. The van der Waals surface area contributed by atoms with Gasteiger partial charge in [0.1, 0.15) is 11.4 Å². The van der Waals surface area contributed by atoms with Crippen LogP contribution in [0.25, 0.3) is 22.2 Å². The van der Waals surface area contributed by atoms with E-state index >= 15 is 0 Å². The van der Waals surface area contributed by atoms with Gasteiger partial charge in [-0.25, -0.2) is 14.4 Å². The van der Waals surface area contributed by atoms with Crippen LogP contribution in [0.5, 0.6) is 0 Å². The molecule has 1 N–H and O–H groups in total. The Labute approximate surface area is 134 Å². The summed E-state index contributed by atoms with van der Waals surface area (Å²) in [4.78, 5) is 9.81. The van der Waals surface area contributed by atoms with Crippen LogP contribution < -0.4 is 0 Å². The lowest BCUT2D eigenvalue weighted by Crippen LogP contribution is -2.09. The molecule has 0 atom stereocenters. The standard InChI is InChI=1S/C13H5BrClF4N3/c14-9-8(16)2-1-5-6(3-20-11(5)9)10-7(13(17,18)19)4-21-12(15)22-10/h1-4,20H. The van der Waals surface area contributed by atoms with Crippen LogP contribution in [0.3, 0.4) is 0 Å². The van der Waals surface area contributed by atoms with Crippen molar-refractivity contribution < 1.29 is 17.6 Å². The number of alkyl halides is 3. The summed E-state index contributed by atoms with van der Waals surface area (Å²) in [7, 11) is 0. The first-order valence-electron chi connectivity index (χ1n) is 5.84. The number of nitrogens with zero attached hydrogens (tertiary/aromatic N) is 2. The predicted molar refractivity (Wildman–Crippen MR) is 77.0 cm³/mol. The lowest BCUT2D eigenvalue weighted by Gasteiger charge is -2.11. The highest BCUT2D eigenvalue weighted by Crippen LogP contribution is 2.39. The number of H-pyrrole nitrogens is 1. The van der Waals surface area contributed by atoms with E-state index in [9.17, 15) is 17.6 Å². The fourth-order valence-corrected chi connectivity index (χ4v) is 2.70. The van der Waals surface area contributed by atoms with E-state index in [1.165, 1.54) is 12.3 Å². The molecular weight excluding hydrogens is 390 g/mol. The van der Waals surface area contributed by atoms with Gasteiger partial charge in [-0.15, -0.1) is 0 Å². The maximum atomic E-state index is 13.5. The molecule has 0 aliphatic heterocycles. The van der Waals surface area contributed by atoms with Crippen molar-refractivity contribution in [2.45, 2.75) is 6.18 Å². The number of halogens is 6. The molecule has 3 rings (SSSR count). The molecule has 0 saturated carbocycles. The van der Waals surface area contributed by atoms with Crippen molar-refractivity contribution >= 4 is 38.4 Å². The van der Waals surface area contributed by atoms with E-state index in [0.717, 1.165) is 6.07 Å². The summed E-state index contributed by atoms with van der Waals surface area (Å²) >= 11 is 8.67. The maximum Gasteiger partial charge on any atom is 0.419 e. The molecule has 0 aliphatic carbocycles. The summed E-state index contributed by atoms with van der Waals surface area (Å²) in [5, 5.41) is 0.0760. The molecule has 1 aromatic carbocycles. The average molecular weight is 395 g/mol. The number of aromatic amines is 1. The van der Waals surface area contributed by atoms with Gasteiger partial charge < -0.3 is 4.98 Å². The molecule has 0 unspecified atom stereocenters. The van der Waals surface area contributed by atoms with Gasteiger partial charge in [-0.2, -0.15) is 13.2 Å². The second-order valence-corrected chi connectivity index (χ2v) is 5.52. The van der Waals surface area contributed by atoms with Crippen LogP contribution in [0.4, 0.5) is 17.6 Å². The first kappa shape index (κ1) is 15.2. The Kier molecular flexibility index (Phi) is 3.60. The minimum atomic E-state index is -4.64. The average Bonchev–Trinajstić information content (AvgIpc) is 2.86. The van der Waals surface area contributed by atoms with Crippen molar-refractivity contribution in [2.75, 3.05) is 0 Å². The Bertz CT molecular complexity index is 876. The normalized spacial score (nSPS) is 12.1. The summed E-state index contributed by atoms with van der Waals surface area (Å²) < 4.78 is 53.0. The zero-order chi connectivity index (χ0) is 16.1. The van der Waals surface area contributed by atoms with Crippen LogP contribution in [0, 0.1) is 5.82 Å². The molecule has 9 heteroatoms. The first-order chi connectivity index (χ1) is 10.3. The van der Waals surface area contributed by atoms with E-state index < -0.39 is 17.6 Å². The molecule has 2 aromatic heterocycles. The van der Waals surface area contributed by atoms with Gasteiger partial charge in [0.15, 0.2) is 0 Å². The first-order valence-corrected chi connectivity index (χ1v) is 7.01. The Balaban J connectivity index is 2.33. The number of aromatic nitrogens is 3. The van der Waals surface area contributed by atoms with Gasteiger partial charge >= 0.3 is 6.18 Å². The fourth-order valence-electron chi connectivity index (χ4n) is 2.11. The van der Waals surface area contributed by atoms with Crippen LogP contribution in [0.1, 0.15) is 5.56 Å². The van der Waals surface area contributed by atoms with E-state index in [4.69, 9.17) is 11.6 Å². The minimum absolute atomic E-state index is 0.130. The van der Waals surface area contributed by atoms with Crippen molar-refractivity contribution in [2.24, 2.45) is 0 Å². The molecule has 0 amide bonds. The highest BCUT2D eigenvalue weighted by Gasteiger charge is 2.36. The van der Waals surface area contributed by atoms with Crippen LogP contribution in [0.2, 0.25) is 5.28 Å². The fraction of sp³-hybridized carbons (Fsp3) is 0.0769. The van der Waals surface area contributed by atoms with Crippen molar-refractivity contribution in [1.82, 2.24) is 15.0 Å². The SMILES string of the molecule is Fc1ccc2c(-c3nc(Cl)ncc3C(F)(F)F)c[nH]c2c1Br. The highest BCUT2D eigenvalue weighted by atomic mass is 79.9. The molecule has 0 radical (unpaired) electrons. The summed E-state index contributed by atoms with van der Waals surface area (Å²) in [6, 6.07) is 2.53. The smallest absolute Gasteiger partial charge is 0.359 e. The zero-order valence-corrected chi connectivity index (χ0v) is 12.8. The van der Waals surface area contributed by atoms with Gasteiger partial charge in [0.05, 0.1) is 15.7 Å². The molecule has 2 heterocycles. The Morgan fingerprint density at radius 3 is 2.64 bits per heavy atom. The van der Waals surface area contributed by atoms with Crippen molar-refractivity contribution in [1.29, 1.82) is 0 Å². The van der Waals surface area contributed by atoms with Crippen molar-refractivity contribution in [3.8, 4) is 11.3 Å². The van der Waals surface area contributed by atoms with Gasteiger partial charge in [-0.3, -0.25) is 0 Å². The van der Waals surface area contributed by atoms with Gasteiger partial charge in [0.2, 0.25) is 5.28 Å². The largest absolute Gasteiger partial charge is 0.419 e. The molecule has 0 saturated heterocycles. The van der Waals surface area contributed by atoms with Gasteiger partial charge in [-0.1, -0.05) is 0 Å². The molecule has 0 fully saturated rings. The number of hydrogen-bond acceptors (Lipinski definition) is 2. The van der Waals surface area contributed by atoms with Gasteiger partial charge in [0.25, 0.3) is 0 Å². The Hall–Kier alpha value is -1.67. The van der Waals surface area contributed by atoms with Crippen molar-refractivity contribution in [3.05, 3.63) is 45.7 Å². The van der Waals surface area contributed by atoms with Gasteiger partial charge in [-0.05, 0) is 39.7 Å². The molecule has 0 bridgehead atoms. The number of rotatable bonds is 1. The summed E-state index contributed by atoms with van der Waals surface area (Å²) in [5.41, 5.74) is -0.888. The Morgan fingerprint density at radius 2 is 1.95 bits per heavy atom. The lowest BCUT2D eigenvalue weighted by molar-refractivity contribution is -0.137. The van der Waals surface area contributed by atoms with Crippen LogP contribution >= 0.6 is 27.5 Å². The van der Waals surface area contributed by atoms with E-state index in [1.807, 2.05) is 0 Å². The zero-order valence-electron chi connectivity index (χ0n) is 10.5. The highest BCUT2D eigenvalue weighted by molar-refractivity contribution is 9.10. The maximum absolute atomic E-state index is 13.5. The molecule has 22 heavy (non-hydrogen) atoms. The van der Waals surface area contributed by atoms with Crippen LogP contribution in [0.15, 0.2) is 29.0 Å². The third-order valence-corrected chi connectivity index (χ3v) is 4.02. The molecular formula is C13H5BrClF4N3. The molecule has 0 aliphatic rings. The van der Waals surface area contributed by atoms with E-state index in [0.29, 0.717) is 17.1 Å². The predicted octanol–water partition coefficient (Wildman–Crippen LogP) is 5.20. The van der Waals surface area contributed by atoms with E-state index in [-0.39, 0.29) is 21.0 Å². The minimum Gasteiger partial charge on any atom is -0.359 e. The topological polar surface area (TPSA) is 41.6 Å². The van der Waals surface area contributed by atoms with Crippen LogP contribution in [-0.2, 0) is 6.18 Å². The van der Waals surface area contributed by atoms with E-state index in [2.05, 4.69) is 30.9 Å². The van der Waals surface area contributed by atoms with Crippen molar-refractivity contribution in [3.63, 3.8) is 0 Å². The monoisotopic (exact) mass is 393 g/mol. The van der Waals surface area contributed by atoms with Gasteiger partial charge in [0, 0.05) is 23.3 Å². The third-order valence-electron chi connectivity index (χ3n) is 3.07. The second-order valence-electron chi connectivity index (χ2n) is 4.39. The summed E-state index contributed by atoms with van der Waals surface area (Å²) in [6.45, 7) is 0. The lowest BCUT2D eigenvalue weighted by atomic mass is 10.1. The molecule has 114 valence electrons. The molecule has 3 aromatic rings.